The van der Waals surface area contributed by atoms with Crippen molar-refractivity contribution in [1.29, 1.82) is 0 Å². The van der Waals surface area contributed by atoms with Gasteiger partial charge in [-0.2, -0.15) is 0 Å². The molecule has 72 valence electrons. The van der Waals surface area contributed by atoms with E-state index in [4.69, 9.17) is 9.63 Å². The fourth-order valence-electron chi connectivity index (χ4n) is 1.36. The lowest BCUT2D eigenvalue weighted by atomic mass is 10.1. The Kier molecular flexibility index (Phi) is 4.22. The molecule has 1 fully saturated rings. The van der Waals surface area contributed by atoms with E-state index >= 15 is 0 Å². The smallest absolute Gasteiger partial charge is 0.316 e. The predicted octanol–water partition coefficient (Wildman–Crippen LogP) is 1.20. The van der Waals surface area contributed by atoms with E-state index in [9.17, 15) is 4.57 Å². The standard InChI is InChI=1S/C7H15O4P/c1-6-4-7(10-5-6)2-3-11-12(8)9/h6-7,12H,2-5H2,1H3,(H,8,9)/t6?,7-/m1/s1. The van der Waals surface area contributed by atoms with Crippen LogP contribution in [0.2, 0.25) is 0 Å². The molecule has 1 N–H and O–H groups in total. The van der Waals surface area contributed by atoms with Gasteiger partial charge in [-0.25, -0.2) is 0 Å². The Labute approximate surface area is 72.8 Å². The highest BCUT2D eigenvalue weighted by atomic mass is 31.1. The molecule has 0 saturated carbocycles. The highest BCUT2D eigenvalue weighted by Crippen LogP contribution is 2.23. The summed E-state index contributed by atoms with van der Waals surface area (Å²) < 4.78 is 20.1. The van der Waals surface area contributed by atoms with Crippen LogP contribution in [0.5, 0.6) is 0 Å². The maximum absolute atomic E-state index is 10.2. The van der Waals surface area contributed by atoms with Crippen molar-refractivity contribution in [1.82, 2.24) is 0 Å². The third kappa shape index (κ3) is 3.68. The zero-order valence-electron chi connectivity index (χ0n) is 7.16. The van der Waals surface area contributed by atoms with Crippen LogP contribution in [-0.4, -0.2) is 24.2 Å². The molecule has 12 heavy (non-hydrogen) atoms. The molecule has 1 saturated heterocycles. The van der Waals surface area contributed by atoms with Crippen molar-refractivity contribution in [2.45, 2.75) is 25.9 Å². The number of ether oxygens (including phenoxy) is 1. The summed E-state index contributed by atoms with van der Waals surface area (Å²) in [4.78, 5) is 8.36. The summed E-state index contributed by atoms with van der Waals surface area (Å²) in [6, 6.07) is 0. The third-order valence-electron chi connectivity index (χ3n) is 1.95. The molecule has 0 radical (unpaired) electrons. The first-order chi connectivity index (χ1) is 5.68. The molecular formula is C7H15O4P. The van der Waals surface area contributed by atoms with Gasteiger partial charge in [0.15, 0.2) is 0 Å². The molecule has 1 rings (SSSR count). The van der Waals surface area contributed by atoms with Crippen molar-refractivity contribution in [3.63, 3.8) is 0 Å². The van der Waals surface area contributed by atoms with Gasteiger partial charge >= 0.3 is 8.25 Å². The molecule has 1 heterocycles. The molecule has 0 aromatic heterocycles. The summed E-state index contributed by atoms with van der Waals surface area (Å²) >= 11 is 0. The minimum atomic E-state index is -2.74. The molecule has 0 aromatic carbocycles. The summed E-state index contributed by atoms with van der Waals surface area (Å²) in [5.41, 5.74) is 0. The summed E-state index contributed by atoms with van der Waals surface area (Å²) in [7, 11) is -2.74. The summed E-state index contributed by atoms with van der Waals surface area (Å²) in [5, 5.41) is 0. The predicted molar refractivity (Wildman–Crippen MR) is 45.3 cm³/mol. The molecule has 0 bridgehead atoms. The SMILES string of the molecule is CC1CO[C@H](CCO[PH](=O)O)C1. The first-order valence-corrected chi connectivity index (χ1v) is 5.42. The normalized spacial score (nSPS) is 32.2. The van der Waals surface area contributed by atoms with Gasteiger partial charge in [0.1, 0.15) is 0 Å². The molecule has 3 atom stereocenters. The average Bonchev–Trinajstić information content (AvgIpc) is 2.35. The minimum Gasteiger partial charge on any atom is -0.378 e. The topological polar surface area (TPSA) is 55.8 Å². The van der Waals surface area contributed by atoms with Crippen molar-refractivity contribution in [3.8, 4) is 0 Å². The van der Waals surface area contributed by atoms with E-state index in [-0.39, 0.29) is 6.10 Å². The van der Waals surface area contributed by atoms with Crippen molar-refractivity contribution in [2.75, 3.05) is 13.2 Å². The van der Waals surface area contributed by atoms with E-state index < -0.39 is 8.25 Å². The molecule has 5 heteroatoms. The van der Waals surface area contributed by atoms with Gasteiger partial charge in [-0.05, 0) is 18.8 Å². The van der Waals surface area contributed by atoms with E-state index in [1.807, 2.05) is 0 Å². The second kappa shape index (κ2) is 4.97. The van der Waals surface area contributed by atoms with Crippen LogP contribution in [0.15, 0.2) is 0 Å². The lowest BCUT2D eigenvalue weighted by Crippen LogP contribution is -2.07. The van der Waals surface area contributed by atoms with Gasteiger partial charge in [-0.1, -0.05) is 6.92 Å². The van der Waals surface area contributed by atoms with E-state index in [2.05, 4.69) is 11.4 Å². The highest BCUT2D eigenvalue weighted by molar-refractivity contribution is 7.32. The van der Waals surface area contributed by atoms with Gasteiger partial charge in [0, 0.05) is 6.61 Å². The van der Waals surface area contributed by atoms with Gasteiger partial charge < -0.3 is 14.2 Å². The van der Waals surface area contributed by atoms with Gasteiger partial charge in [0.2, 0.25) is 0 Å². The Bertz CT molecular complexity index is 161. The molecule has 0 aliphatic carbocycles. The van der Waals surface area contributed by atoms with Gasteiger partial charge in [-0.15, -0.1) is 0 Å². The van der Waals surface area contributed by atoms with Crippen LogP contribution in [0.4, 0.5) is 0 Å². The first kappa shape index (κ1) is 10.2. The van der Waals surface area contributed by atoms with Crippen LogP contribution in [0, 0.1) is 5.92 Å². The fourth-order valence-corrected chi connectivity index (χ4v) is 1.66. The number of rotatable bonds is 4. The molecular weight excluding hydrogens is 179 g/mol. The van der Waals surface area contributed by atoms with Crippen LogP contribution >= 0.6 is 8.25 Å². The molecule has 2 unspecified atom stereocenters. The van der Waals surface area contributed by atoms with E-state index in [0.29, 0.717) is 12.5 Å². The second-order valence-corrected chi connectivity index (χ2v) is 4.02. The van der Waals surface area contributed by atoms with Crippen LogP contribution in [0.1, 0.15) is 19.8 Å². The fraction of sp³-hybridized carbons (Fsp3) is 1.00. The lowest BCUT2D eigenvalue weighted by molar-refractivity contribution is 0.0873. The van der Waals surface area contributed by atoms with Crippen LogP contribution < -0.4 is 0 Å². The summed E-state index contributed by atoms with van der Waals surface area (Å²) in [5.74, 6) is 0.612. The molecule has 0 spiro atoms. The Morgan fingerprint density at radius 2 is 2.50 bits per heavy atom. The quantitative estimate of drug-likeness (QED) is 0.683. The van der Waals surface area contributed by atoms with Gasteiger partial charge in [0.05, 0.1) is 12.7 Å². The Morgan fingerprint density at radius 1 is 1.75 bits per heavy atom. The molecule has 1 aliphatic rings. The molecule has 1 aliphatic heterocycles. The van der Waals surface area contributed by atoms with Crippen molar-refractivity contribution in [2.24, 2.45) is 5.92 Å². The summed E-state index contributed by atoms with van der Waals surface area (Å²) in [6.07, 6.45) is 1.98. The Morgan fingerprint density at radius 3 is 3.00 bits per heavy atom. The van der Waals surface area contributed by atoms with Crippen LogP contribution in [0.3, 0.4) is 0 Å². The Hall–Kier alpha value is 0.110. The first-order valence-electron chi connectivity index (χ1n) is 4.16. The maximum Gasteiger partial charge on any atom is 0.316 e. The minimum absolute atomic E-state index is 0.223. The Balaban J connectivity index is 2.04. The lowest BCUT2D eigenvalue weighted by Gasteiger charge is -2.07. The second-order valence-electron chi connectivity index (χ2n) is 3.20. The van der Waals surface area contributed by atoms with E-state index in [1.165, 1.54) is 0 Å². The number of hydrogen-bond acceptors (Lipinski definition) is 3. The monoisotopic (exact) mass is 194 g/mol. The van der Waals surface area contributed by atoms with E-state index in [1.54, 1.807) is 0 Å². The molecule has 4 nitrogen and oxygen atoms in total. The van der Waals surface area contributed by atoms with Gasteiger partial charge in [-0.3, -0.25) is 4.57 Å². The van der Waals surface area contributed by atoms with E-state index in [0.717, 1.165) is 19.4 Å². The van der Waals surface area contributed by atoms with Crippen molar-refractivity contribution < 1.29 is 18.7 Å². The van der Waals surface area contributed by atoms with Gasteiger partial charge in [0.25, 0.3) is 0 Å². The molecule has 0 aromatic rings. The van der Waals surface area contributed by atoms with Crippen molar-refractivity contribution >= 4 is 8.25 Å². The number of hydrogen-bond donors (Lipinski definition) is 1. The van der Waals surface area contributed by atoms with Crippen LogP contribution in [0.25, 0.3) is 0 Å². The zero-order chi connectivity index (χ0) is 8.97. The summed E-state index contributed by atoms with van der Waals surface area (Å²) in [6.45, 7) is 3.26. The molecule has 0 amide bonds. The van der Waals surface area contributed by atoms with Crippen LogP contribution in [-0.2, 0) is 13.8 Å². The van der Waals surface area contributed by atoms with Crippen molar-refractivity contribution in [3.05, 3.63) is 0 Å². The zero-order valence-corrected chi connectivity index (χ0v) is 8.16. The largest absolute Gasteiger partial charge is 0.378 e. The third-order valence-corrected chi connectivity index (χ3v) is 2.40. The highest BCUT2D eigenvalue weighted by Gasteiger charge is 2.21. The average molecular weight is 194 g/mol. The maximum atomic E-state index is 10.2.